The van der Waals surface area contributed by atoms with Crippen molar-refractivity contribution in [2.24, 2.45) is 0 Å². The summed E-state index contributed by atoms with van der Waals surface area (Å²) in [5.74, 6) is 0. The van der Waals surface area contributed by atoms with E-state index < -0.39 is 0 Å². The van der Waals surface area contributed by atoms with Gasteiger partial charge in [-0.2, -0.15) is 5.26 Å². The molecule has 1 heterocycles. The molecule has 0 bridgehead atoms. The van der Waals surface area contributed by atoms with Crippen molar-refractivity contribution < 1.29 is 4.79 Å². The van der Waals surface area contributed by atoms with Crippen LogP contribution < -0.4 is 5.32 Å². The molecule has 2 aliphatic rings. The standard InChI is InChI=1S/C26H30Cl2N4O/c27-22-16-23(28)18-24(17-22)30-25(33)32(15-14-31-11-1-2-12-31)13-3-8-26(9-10-26)21-6-4-20(19-29)5-7-21/h4-7,16-18H,1-3,8-15H2,(H,30,33). The number of benzene rings is 2. The van der Waals surface area contributed by atoms with E-state index in [-0.39, 0.29) is 11.4 Å². The van der Waals surface area contributed by atoms with E-state index in [0.717, 1.165) is 32.5 Å². The van der Waals surface area contributed by atoms with Gasteiger partial charge in [0.15, 0.2) is 0 Å². The van der Waals surface area contributed by atoms with Gasteiger partial charge in [0.05, 0.1) is 11.6 Å². The van der Waals surface area contributed by atoms with E-state index in [0.29, 0.717) is 34.4 Å². The molecule has 5 nitrogen and oxygen atoms in total. The zero-order valence-electron chi connectivity index (χ0n) is 18.8. The number of carbonyl (C=O) groups excluding carboxylic acids is 1. The van der Waals surface area contributed by atoms with Crippen LogP contribution in [0.1, 0.15) is 49.7 Å². The third-order valence-corrected chi connectivity index (χ3v) is 7.29. The van der Waals surface area contributed by atoms with Gasteiger partial charge in [0, 0.05) is 35.4 Å². The van der Waals surface area contributed by atoms with Crippen molar-refractivity contribution in [1.29, 1.82) is 5.26 Å². The lowest BCUT2D eigenvalue weighted by molar-refractivity contribution is 0.198. The Balaban J connectivity index is 1.37. The maximum Gasteiger partial charge on any atom is 0.321 e. The fourth-order valence-electron chi connectivity index (χ4n) is 4.75. The molecule has 1 saturated carbocycles. The molecule has 0 unspecified atom stereocenters. The van der Waals surface area contributed by atoms with E-state index in [4.69, 9.17) is 28.5 Å². The number of nitrogens with zero attached hydrogens (tertiary/aromatic N) is 3. The monoisotopic (exact) mass is 484 g/mol. The van der Waals surface area contributed by atoms with E-state index in [9.17, 15) is 4.79 Å². The number of hydrogen-bond donors (Lipinski definition) is 1. The summed E-state index contributed by atoms with van der Waals surface area (Å²) in [7, 11) is 0. The summed E-state index contributed by atoms with van der Waals surface area (Å²) in [5, 5.41) is 13.0. The Hall–Kier alpha value is -2.26. The Morgan fingerprint density at radius 1 is 1.06 bits per heavy atom. The molecule has 1 saturated heterocycles. The maximum atomic E-state index is 13.1. The third kappa shape index (κ3) is 6.41. The number of hydrogen-bond acceptors (Lipinski definition) is 3. The van der Waals surface area contributed by atoms with Crippen molar-refractivity contribution in [3.63, 3.8) is 0 Å². The average Bonchev–Trinajstić information content (AvgIpc) is 3.39. The summed E-state index contributed by atoms with van der Waals surface area (Å²) >= 11 is 12.2. The summed E-state index contributed by atoms with van der Waals surface area (Å²) < 4.78 is 0. The molecule has 0 aromatic heterocycles. The number of urea groups is 1. The predicted octanol–water partition coefficient (Wildman–Crippen LogP) is 6.31. The van der Waals surface area contributed by atoms with E-state index in [1.807, 2.05) is 17.0 Å². The van der Waals surface area contributed by atoms with Crippen molar-refractivity contribution >= 4 is 34.9 Å². The second-order valence-corrected chi connectivity index (χ2v) is 10.1. The van der Waals surface area contributed by atoms with E-state index >= 15 is 0 Å². The molecule has 1 aliphatic heterocycles. The quantitative estimate of drug-likeness (QED) is 0.453. The largest absolute Gasteiger partial charge is 0.323 e. The molecule has 4 rings (SSSR count). The third-order valence-electron chi connectivity index (χ3n) is 6.85. The molecule has 0 radical (unpaired) electrons. The van der Waals surface area contributed by atoms with Crippen LogP contribution in [-0.4, -0.2) is 48.6 Å². The van der Waals surface area contributed by atoms with Gasteiger partial charge in [-0.25, -0.2) is 4.79 Å². The Labute approximate surface area is 206 Å². The SMILES string of the molecule is N#Cc1ccc(C2(CCCN(CCN3CCCC3)C(=O)Nc3cc(Cl)cc(Cl)c3)CC2)cc1. The van der Waals surface area contributed by atoms with Crippen LogP contribution in [0.5, 0.6) is 0 Å². The Morgan fingerprint density at radius 3 is 2.33 bits per heavy atom. The van der Waals surface area contributed by atoms with Gasteiger partial charge >= 0.3 is 6.03 Å². The van der Waals surface area contributed by atoms with Crippen molar-refractivity contribution in [2.75, 3.05) is 38.0 Å². The number of amides is 2. The van der Waals surface area contributed by atoms with Gasteiger partial charge in [0.1, 0.15) is 0 Å². The molecular weight excluding hydrogens is 455 g/mol. The molecular formula is C26H30Cl2N4O. The predicted molar refractivity (Wildman–Crippen MR) is 134 cm³/mol. The second kappa shape index (κ2) is 10.8. The smallest absolute Gasteiger partial charge is 0.321 e. The van der Waals surface area contributed by atoms with Crippen molar-refractivity contribution in [3.8, 4) is 6.07 Å². The molecule has 7 heteroatoms. The number of halogens is 2. The first-order valence-electron chi connectivity index (χ1n) is 11.7. The number of nitrogens with one attached hydrogen (secondary N) is 1. The van der Waals surface area contributed by atoms with E-state index in [1.165, 1.54) is 31.2 Å². The highest BCUT2D eigenvalue weighted by Crippen LogP contribution is 2.51. The molecule has 0 atom stereocenters. The highest BCUT2D eigenvalue weighted by Gasteiger charge is 2.43. The van der Waals surface area contributed by atoms with Crippen molar-refractivity contribution in [3.05, 3.63) is 63.6 Å². The van der Waals surface area contributed by atoms with Gasteiger partial charge in [-0.05, 0) is 92.9 Å². The molecule has 1 aliphatic carbocycles. The van der Waals surface area contributed by atoms with Crippen LogP contribution in [0, 0.1) is 11.3 Å². The Morgan fingerprint density at radius 2 is 1.73 bits per heavy atom. The summed E-state index contributed by atoms with van der Waals surface area (Å²) in [4.78, 5) is 17.5. The lowest BCUT2D eigenvalue weighted by atomic mass is 9.90. The number of likely N-dealkylation sites (tertiary alicyclic amines) is 1. The van der Waals surface area contributed by atoms with E-state index in [2.05, 4.69) is 28.4 Å². The average molecular weight is 485 g/mol. The van der Waals surface area contributed by atoms with Crippen molar-refractivity contribution in [1.82, 2.24) is 9.80 Å². The van der Waals surface area contributed by atoms with E-state index in [1.54, 1.807) is 18.2 Å². The summed E-state index contributed by atoms with van der Waals surface area (Å²) in [6.07, 6.45) is 6.78. The minimum atomic E-state index is -0.115. The van der Waals surface area contributed by atoms with Crippen LogP contribution in [0.15, 0.2) is 42.5 Å². The Kier molecular flexibility index (Phi) is 7.80. The van der Waals surface area contributed by atoms with Gasteiger partial charge in [-0.1, -0.05) is 35.3 Å². The minimum Gasteiger partial charge on any atom is -0.323 e. The number of nitriles is 1. The van der Waals surface area contributed by atoms with Gasteiger partial charge in [0.2, 0.25) is 0 Å². The van der Waals surface area contributed by atoms with Crippen LogP contribution in [0.2, 0.25) is 10.0 Å². The molecule has 2 aromatic rings. The molecule has 0 spiro atoms. The van der Waals surface area contributed by atoms with Crippen LogP contribution in [0.3, 0.4) is 0 Å². The summed E-state index contributed by atoms with van der Waals surface area (Å²) in [5.41, 5.74) is 2.81. The topological polar surface area (TPSA) is 59.4 Å². The number of carbonyl (C=O) groups is 1. The first kappa shape index (κ1) is 23.9. The molecule has 2 amide bonds. The molecule has 2 fully saturated rings. The Bertz CT molecular complexity index is 988. The zero-order chi connectivity index (χ0) is 23.3. The lowest BCUT2D eigenvalue weighted by Crippen LogP contribution is -2.41. The van der Waals surface area contributed by atoms with Gasteiger partial charge in [-0.3, -0.25) is 0 Å². The summed E-state index contributed by atoms with van der Waals surface area (Å²) in [6, 6.07) is 15.1. The highest BCUT2D eigenvalue weighted by atomic mass is 35.5. The van der Waals surface area contributed by atoms with Crippen molar-refractivity contribution in [2.45, 2.75) is 43.9 Å². The van der Waals surface area contributed by atoms with Crippen LogP contribution in [0.25, 0.3) is 0 Å². The molecule has 33 heavy (non-hydrogen) atoms. The van der Waals surface area contributed by atoms with Crippen LogP contribution >= 0.6 is 23.2 Å². The first-order chi connectivity index (χ1) is 16.0. The first-order valence-corrected chi connectivity index (χ1v) is 12.5. The molecule has 174 valence electrons. The summed E-state index contributed by atoms with van der Waals surface area (Å²) in [6.45, 7) is 4.52. The van der Waals surface area contributed by atoms with Gasteiger partial charge in [-0.15, -0.1) is 0 Å². The van der Waals surface area contributed by atoms with Gasteiger partial charge in [0.25, 0.3) is 0 Å². The lowest BCUT2D eigenvalue weighted by Gasteiger charge is -2.27. The van der Waals surface area contributed by atoms with Gasteiger partial charge < -0.3 is 15.1 Å². The van der Waals surface area contributed by atoms with Crippen LogP contribution in [0.4, 0.5) is 10.5 Å². The fraction of sp³-hybridized carbons (Fsp3) is 0.462. The zero-order valence-corrected chi connectivity index (χ0v) is 20.3. The maximum absolute atomic E-state index is 13.1. The van der Waals surface area contributed by atoms with Crippen LogP contribution in [-0.2, 0) is 5.41 Å². The normalized spacial score (nSPS) is 16.9. The molecule has 2 aromatic carbocycles. The molecule has 1 N–H and O–H groups in total. The minimum absolute atomic E-state index is 0.115. The second-order valence-electron chi connectivity index (χ2n) is 9.20. The number of anilines is 1. The highest BCUT2D eigenvalue weighted by molar-refractivity contribution is 6.35. The fourth-order valence-corrected chi connectivity index (χ4v) is 5.28. The number of rotatable bonds is 9.